The molecule has 0 amide bonds. The third-order valence-corrected chi connectivity index (χ3v) is 4.05. The Morgan fingerprint density at radius 3 is 0.926 bits per heavy atom. The first-order valence-electron chi connectivity index (χ1n) is 6.22. The lowest BCUT2D eigenvalue weighted by Crippen LogP contribution is -2.18. The fourth-order valence-electron chi connectivity index (χ4n) is 2.03. The van der Waals surface area contributed by atoms with Crippen LogP contribution in [0.5, 0.6) is 0 Å². The number of benzene rings is 2. The van der Waals surface area contributed by atoms with Crippen LogP contribution in [0.1, 0.15) is 17.2 Å². The quantitative estimate of drug-likeness (QED) is 0.207. The van der Waals surface area contributed by atoms with E-state index in [0.717, 1.165) is 0 Å². The molecule has 1 nitrogen and oxygen atoms in total. The predicted octanol–water partition coefficient (Wildman–Crippen LogP) is 6.89. The van der Waals surface area contributed by atoms with E-state index in [1.807, 2.05) is 0 Å². The maximum Gasteiger partial charge on any atom is 0.226 e. The first-order valence-corrected chi connectivity index (χ1v) is 9.29. The summed E-state index contributed by atoms with van der Waals surface area (Å²) in [6.07, 6.45) is -3.06. The van der Waals surface area contributed by atoms with Crippen LogP contribution in [-0.2, 0) is 4.52 Å². The molecule has 0 spiro atoms. The van der Waals surface area contributed by atoms with Crippen molar-refractivity contribution in [3.05, 3.63) is 69.3 Å². The second kappa shape index (κ2) is 7.98. The molecule has 0 fully saturated rings. The Hall–Kier alpha value is -1.29. The van der Waals surface area contributed by atoms with Gasteiger partial charge in [-0.2, -0.15) is 0 Å². The molecule has 0 aliphatic rings. The van der Waals surface area contributed by atoms with Crippen LogP contribution in [0.25, 0.3) is 0 Å². The highest BCUT2D eigenvalue weighted by atomic mass is 35.9. The fraction of sp³-hybridized carbons (Fsp3) is 0.0769. The van der Waals surface area contributed by atoms with Gasteiger partial charge in [0.15, 0.2) is 46.5 Å². The number of hydrogen-bond donors (Lipinski definition) is 0. The first kappa shape index (κ1) is 22.0. The molecule has 2 rings (SSSR count). The lowest BCUT2D eigenvalue weighted by molar-refractivity contribution is 0.239. The summed E-state index contributed by atoms with van der Waals surface area (Å²) in [6, 6.07) is 0. The van der Waals surface area contributed by atoms with Gasteiger partial charge >= 0.3 is 0 Å². The van der Waals surface area contributed by atoms with E-state index in [1.165, 1.54) is 0 Å². The van der Waals surface area contributed by atoms with Gasteiger partial charge in [-0.05, 0) is 22.5 Å². The van der Waals surface area contributed by atoms with Gasteiger partial charge in [0.2, 0.25) is 18.5 Å². The van der Waals surface area contributed by atoms with Crippen LogP contribution in [0.3, 0.4) is 0 Å². The van der Waals surface area contributed by atoms with Gasteiger partial charge in [0.05, 0.1) is 11.1 Å². The van der Waals surface area contributed by atoms with Gasteiger partial charge in [0.25, 0.3) is 0 Å². The molecule has 148 valence electrons. The molecule has 0 aliphatic heterocycles. The van der Waals surface area contributed by atoms with Crippen molar-refractivity contribution in [1.29, 1.82) is 0 Å². The Morgan fingerprint density at radius 2 is 0.704 bits per heavy atom. The Balaban J connectivity index is 2.94. The second-order valence-electron chi connectivity index (χ2n) is 4.65. The monoisotopic (exact) mass is 464 g/mol. The van der Waals surface area contributed by atoms with Crippen LogP contribution in [0.15, 0.2) is 0 Å². The lowest BCUT2D eigenvalue weighted by atomic mass is 9.98. The Labute approximate surface area is 153 Å². The van der Waals surface area contributed by atoms with Crippen LogP contribution in [0.4, 0.5) is 43.9 Å². The maximum atomic E-state index is 13.9. The maximum absolute atomic E-state index is 13.9. The molecule has 27 heavy (non-hydrogen) atoms. The molecule has 0 unspecified atom stereocenters. The molecule has 2 aromatic carbocycles. The highest BCUT2D eigenvalue weighted by Crippen LogP contribution is 2.54. The molecule has 0 atom stereocenters. The van der Waals surface area contributed by atoms with Crippen molar-refractivity contribution in [2.24, 2.45) is 0 Å². The molecule has 0 aromatic heterocycles. The number of rotatable bonds is 4. The molecule has 0 saturated carbocycles. The van der Waals surface area contributed by atoms with Gasteiger partial charge in [0.1, 0.15) is 6.10 Å². The van der Waals surface area contributed by atoms with E-state index in [-0.39, 0.29) is 0 Å². The molecule has 0 heterocycles. The van der Waals surface area contributed by atoms with Crippen LogP contribution in [0, 0.1) is 58.2 Å². The number of hydrogen-bond acceptors (Lipinski definition) is 1. The summed E-state index contributed by atoms with van der Waals surface area (Å²) in [5, 5.41) is 0. The van der Waals surface area contributed by atoms with Gasteiger partial charge in [-0.1, -0.05) is 0 Å². The van der Waals surface area contributed by atoms with Crippen LogP contribution < -0.4 is 0 Å². The second-order valence-corrected chi connectivity index (χ2v) is 7.63. The summed E-state index contributed by atoms with van der Waals surface area (Å²) < 4.78 is 140. The van der Waals surface area contributed by atoms with Crippen molar-refractivity contribution in [2.75, 3.05) is 0 Å². The van der Waals surface area contributed by atoms with E-state index in [4.69, 9.17) is 22.5 Å². The average molecular weight is 465 g/mol. The highest BCUT2D eigenvalue weighted by molar-refractivity contribution is 8.00. The fourth-order valence-corrected chi connectivity index (χ4v) is 2.88. The summed E-state index contributed by atoms with van der Waals surface area (Å²) in [4.78, 5) is 0. The van der Waals surface area contributed by atoms with Crippen LogP contribution in [-0.4, -0.2) is 0 Å². The van der Waals surface area contributed by atoms with Crippen molar-refractivity contribution in [2.45, 2.75) is 6.10 Å². The molecule has 0 saturated heterocycles. The van der Waals surface area contributed by atoms with Gasteiger partial charge in [-0.25, -0.2) is 43.9 Å². The minimum Gasteiger partial charge on any atom is -0.318 e. The molecular formula is C13HCl2F10OP. The summed E-state index contributed by atoms with van der Waals surface area (Å²) in [5.41, 5.74) is -4.10. The topological polar surface area (TPSA) is 9.23 Å². The minimum atomic E-state index is -3.06. The standard InChI is InChI=1S/C13HCl2F10OP/c14-27(15)26-13(1-3(16)7(20)11(24)8(21)4(1)17)2-5(18)9(22)12(25)10(23)6(2)19/h13H. The van der Waals surface area contributed by atoms with Gasteiger partial charge in [-0.15, -0.1) is 0 Å². The number of halogens is 12. The zero-order valence-electron chi connectivity index (χ0n) is 12.0. The molecule has 14 heteroatoms. The average Bonchev–Trinajstić information content (AvgIpc) is 2.61. The van der Waals surface area contributed by atoms with E-state index in [0.29, 0.717) is 0 Å². The van der Waals surface area contributed by atoms with Crippen molar-refractivity contribution in [3.8, 4) is 0 Å². The molecular weight excluding hydrogens is 464 g/mol. The first-order chi connectivity index (χ1) is 12.4. The third-order valence-electron chi connectivity index (χ3n) is 3.20. The van der Waals surface area contributed by atoms with Crippen molar-refractivity contribution in [3.63, 3.8) is 0 Å². The van der Waals surface area contributed by atoms with Gasteiger partial charge in [-0.3, -0.25) is 0 Å². The third kappa shape index (κ3) is 3.70. The SMILES string of the molecule is Fc1c(F)c(F)c(C(OP(Cl)Cl)c2c(F)c(F)c(F)c(F)c2F)c(F)c1F. The van der Waals surface area contributed by atoms with Gasteiger partial charge < -0.3 is 4.52 Å². The Kier molecular flexibility index (Phi) is 6.51. The van der Waals surface area contributed by atoms with E-state index >= 15 is 0 Å². The zero-order chi connectivity index (χ0) is 20.8. The summed E-state index contributed by atoms with van der Waals surface area (Å²) >= 11 is 10.4. The Morgan fingerprint density at radius 1 is 0.481 bits per heavy atom. The molecule has 2 aromatic rings. The van der Waals surface area contributed by atoms with E-state index in [2.05, 4.69) is 4.52 Å². The lowest BCUT2D eigenvalue weighted by Gasteiger charge is -2.22. The summed E-state index contributed by atoms with van der Waals surface area (Å²) in [5.74, 6) is -26.1. The van der Waals surface area contributed by atoms with Gasteiger partial charge in [0, 0.05) is 0 Å². The molecule has 0 N–H and O–H groups in total. The highest BCUT2D eigenvalue weighted by Gasteiger charge is 2.39. The Bertz CT molecular complexity index is 795. The molecule has 0 bridgehead atoms. The summed E-state index contributed by atoms with van der Waals surface area (Å²) in [6.45, 7) is -2.89. The largest absolute Gasteiger partial charge is 0.318 e. The van der Waals surface area contributed by atoms with E-state index in [1.54, 1.807) is 0 Å². The smallest absolute Gasteiger partial charge is 0.226 e. The predicted molar refractivity (Wildman–Crippen MR) is 74.0 cm³/mol. The molecule has 0 aliphatic carbocycles. The zero-order valence-corrected chi connectivity index (χ0v) is 14.4. The van der Waals surface area contributed by atoms with E-state index < -0.39 is 82.3 Å². The van der Waals surface area contributed by atoms with E-state index in [9.17, 15) is 43.9 Å². The van der Waals surface area contributed by atoms with Crippen molar-refractivity contribution < 1.29 is 48.4 Å². The molecule has 0 radical (unpaired) electrons. The van der Waals surface area contributed by atoms with Crippen LogP contribution >= 0.6 is 29.3 Å². The normalized spacial score (nSPS) is 11.8. The van der Waals surface area contributed by atoms with Crippen LogP contribution in [0.2, 0.25) is 0 Å². The van der Waals surface area contributed by atoms with Crippen molar-refractivity contribution in [1.82, 2.24) is 0 Å². The summed E-state index contributed by atoms with van der Waals surface area (Å²) in [7, 11) is 0. The van der Waals surface area contributed by atoms with Crippen molar-refractivity contribution >= 4 is 29.3 Å². The minimum absolute atomic E-state index is 2.05.